The summed E-state index contributed by atoms with van der Waals surface area (Å²) in [4.78, 5) is 6.28. The molecule has 1 rings (SSSR count). The Balaban J connectivity index is 2.68. The highest BCUT2D eigenvalue weighted by molar-refractivity contribution is 5.49. The van der Waals surface area contributed by atoms with Gasteiger partial charge in [-0.05, 0) is 46.5 Å². The van der Waals surface area contributed by atoms with E-state index in [-0.39, 0.29) is 5.54 Å². The van der Waals surface area contributed by atoms with Gasteiger partial charge in [-0.3, -0.25) is 0 Å². The number of likely N-dealkylation sites (N-methyl/N-ethyl adjacent to an activating group) is 1. The molecule has 0 amide bonds. The number of nitrogens with two attached hydrogens (primary N) is 1. The summed E-state index contributed by atoms with van der Waals surface area (Å²) >= 11 is 0. The van der Waals surface area contributed by atoms with E-state index in [1.807, 2.05) is 27.1 Å². The highest BCUT2D eigenvalue weighted by atomic mass is 16.5. The van der Waals surface area contributed by atoms with Crippen LogP contribution in [0.5, 0.6) is 5.88 Å². The van der Waals surface area contributed by atoms with Gasteiger partial charge in [0.1, 0.15) is 6.61 Å². The van der Waals surface area contributed by atoms with Crippen molar-refractivity contribution in [3.8, 4) is 5.88 Å². The van der Waals surface area contributed by atoms with Crippen molar-refractivity contribution < 1.29 is 4.74 Å². The molecule has 0 bridgehead atoms. The molecule has 1 heterocycles. The number of hydrogen-bond acceptors (Lipinski definition) is 4. The van der Waals surface area contributed by atoms with Gasteiger partial charge in [0.05, 0.1) is 5.69 Å². The molecule has 1 aromatic heterocycles. The van der Waals surface area contributed by atoms with E-state index in [1.54, 1.807) is 6.20 Å². The Morgan fingerprint density at radius 3 is 2.56 bits per heavy atom. The first-order chi connectivity index (χ1) is 7.33. The maximum atomic E-state index is 5.83. The van der Waals surface area contributed by atoms with Crippen molar-refractivity contribution in [3.05, 3.63) is 17.8 Å². The topological polar surface area (TPSA) is 51.4 Å². The van der Waals surface area contributed by atoms with Crippen LogP contribution in [0.3, 0.4) is 0 Å². The number of rotatable bonds is 4. The van der Waals surface area contributed by atoms with Gasteiger partial charge in [-0.25, -0.2) is 4.98 Å². The summed E-state index contributed by atoms with van der Waals surface area (Å²) in [7, 11) is 4.05. The monoisotopic (exact) mass is 223 g/mol. The first-order valence-corrected chi connectivity index (χ1v) is 5.35. The van der Waals surface area contributed by atoms with Crippen LogP contribution >= 0.6 is 0 Å². The van der Waals surface area contributed by atoms with E-state index in [4.69, 9.17) is 10.5 Å². The fourth-order valence-corrected chi connectivity index (χ4v) is 1.07. The third-order valence-corrected chi connectivity index (χ3v) is 2.79. The van der Waals surface area contributed by atoms with Crippen molar-refractivity contribution in [2.75, 3.05) is 26.4 Å². The molecular weight excluding hydrogens is 202 g/mol. The quantitative estimate of drug-likeness (QED) is 0.844. The SMILES string of the molecule is Cc1cnc(OCC(C)(C)N(C)C)c(N)c1. The first-order valence-electron chi connectivity index (χ1n) is 5.35. The molecule has 0 spiro atoms. The number of nitrogen functional groups attached to an aromatic ring is 1. The number of ether oxygens (including phenoxy) is 1. The fraction of sp³-hybridized carbons (Fsp3) is 0.583. The predicted molar refractivity (Wildman–Crippen MR) is 66.6 cm³/mol. The van der Waals surface area contributed by atoms with E-state index in [9.17, 15) is 0 Å². The molecule has 1 aromatic rings. The van der Waals surface area contributed by atoms with Gasteiger partial charge in [0.25, 0.3) is 0 Å². The van der Waals surface area contributed by atoms with Crippen LogP contribution in [0, 0.1) is 6.92 Å². The average molecular weight is 223 g/mol. The van der Waals surface area contributed by atoms with Crippen molar-refractivity contribution in [1.29, 1.82) is 0 Å². The van der Waals surface area contributed by atoms with Crippen LogP contribution in [0.4, 0.5) is 5.69 Å². The van der Waals surface area contributed by atoms with Crippen LogP contribution in [-0.2, 0) is 0 Å². The minimum absolute atomic E-state index is 0.0427. The number of nitrogens with zero attached hydrogens (tertiary/aromatic N) is 2. The van der Waals surface area contributed by atoms with E-state index in [0.29, 0.717) is 18.2 Å². The van der Waals surface area contributed by atoms with Gasteiger partial charge < -0.3 is 15.4 Å². The highest BCUT2D eigenvalue weighted by Gasteiger charge is 2.21. The Morgan fingerprint density at radius 1 is 1.44 bits per heavy atom. The minimum atomic E-state index is -0.0427. The van der Waals surface area contributed by atoms with Crippen molar-refractivity contribution in [1.82, 2.24) is 9.88 Å². The normalized spacial score (nSPS) is 11.9. The lowest BCUT2D eigenvalue weighted by atomic mass is 10.1. The standard InChI is InChI=1S/C12H21N3O/c1-9-6-10(13)11(14-7-9)16-8-12(2,3)15(4)5/h6-7H,8,13H2,1-5H3. The fourth-order valence-electron chi connectivity index (χ4n) is 1.07. The lowest BCUT2D eigenvalue weighted by Gasteiger charge is -2.32. The lowest BCUT2D eigenvalue weighted by molar-refractivity contribution is 0.111. The molecular formula is C12H21N3O. The third kappa shape index (κ3) is 3.10. The van der Waals surface area contributed by atoms with Gasteiger partial charge in [-0.1, -0.05) is 0 Å². The van der Waals surface area contributed by atoms with E-state index >= 15 is 0 Å². The molecule has 0 fully saturated rings. The van der Waals surface area contributed by atoms with Gasteiger partial charge in [0.15, 0.2) is 0 Å². The molecule has 4 heteroatoms. The summed E-state index contributed by atoms with van der Waals surface area (Å²) in [6.45, 7) is 6.73. The smallest absolute Gasteiger partial charge is 0.237 e. The van der Waals surface area contributed by atoms with Crippen LogP contribution in [0.15, 0.2) is 12.3 Å². The van der Waals surface area contributed by atoms with Crippen LogP contribution in [-0.4, -0.2) is 36.1 Å². The molecule has 4 nitrogen and oxygen atoms in total. The molecule has 16 heavy (non-hydrogen) atoms. The minimum Gasteiger partial charge on any atom is -0.474 e. The van der Waals surface area contributed by atoms with E-state index in [1.165, 1.54) is 0 Å². The first kappa shape index (κ1) is 12.8. The average Bonchev–Trinajstić information content (AvgIpc) is 2.16. The Kier molecular flexibility index (Phi) is 3.75. The van der Waals surface area contributed by atoms with Crippen LogP contribution in [0.2, 0.25) is 0 Å². The Labute approximate surface area is 97.4 Å². The number of aromatic nitrogens is 1. The molecule has 0 atom stereocenters. The summed E-state index contributed by atoms with van der Waals surface area (Å²) in [5.74, 6) is 0.514. The van der Waals surface area contributed by atoms with Gasteiger partial charge in [0, 0.05) is 11.7 Å². The summed E-state index contributed by atoms with van der Waals surface area (Å²) in [5.41, 5.74) is 7.41. The zero-order valence-electron chi connectivity index (χ0n) is 10.7. The number of hydrogen-bond donors (Lipinski definition) is 1. The second-order valence-corrected chi connectivity index (χ2v) is 4.90. The predicted octanol–water partition coefficient (Wildman–Crippen LogP) is 1.69. The highest BCUT2D eigenvalue weighted by Crippen LogP contribution is 2.20. The third-order valence-electron chi connectivity index (χ3n) is 2.79. The van der Waals surface area contributed by atoms with Gasteiger partial charge in [-0.15, -0.1) is 0 Å². The molecule has 0 aromatic carbocycles. The van der Waals surface area contributed by atoms with E-state index < -0.39 is 0 Å². The number of aryl methyl sites for hydroxylation is 1. The van der Waals surface area contributed by atoms with Gasteiger partial charge in [0.2, 0.25) is 5.88 Å². The van der Waals surface area contributed by atoms with Crippen LogP contribution in [0.25, 0.3) is 0 Å². The second-order valence-electron chi connectivity index (χ2n) is 4.90. The summed E-state index contributed by atoms with van der Waals surface area (Å²) in [5, 5.41) is 0. The zero-order valence-corrected chi connectivity index (χ0v) is 10.7. The van der Waals surface area contributed by atoms with Crippen molar-refractivity contribution in [2.45, 2.75) is 26.3 Å². The molecule has 0 saturated heterocycles. The maximum Gasteiger partial charge on any atom is 0.237 e. The zero-order chi connectivity index (χ0) is 12.3. The molecule has 0 aliphatic rings. The summed E-state index contributed by atoms with van der Waals surface area (Å²) < 4.78 is 5.64. The molecule has 0 aliphatic carbocycles. The molecule has 0 saturated carbocycles. The molecule has 0 radical (unpaired) electrons. The number of pyridine rings is 1. The molecule has 0 aliphatic heterocycles. The molecule has 0 unspecified atom stereocenters. The Hall–Kier alpha value is -1.29. The van der Waals surface area contributed by atoms with E-state index in [0.717, 1.165) is 5.56 Å². The van der Waals surface area contributed by atoms with Crippen molar-refractivity contribution in [3.63, 3.8) is 0 Å². The second kappa shape index (κ2) is 4.70. The Morgan fingerprint density at radius 2 is 2.06 bits per heavy atom. The Bertz CT molecular complexity index is 361. The van der Waals surface area contributed by atoms with E-state index in [2.05, 4.69) is 23.7 Å². The summed E-state index contributed by atoms with van der Waals surface area (Å²) in [6, 6.07) is 1.87. The number of anilines is 1. The van der Waals surface area contributed by atoms with Crippen molar-refractivity contribution >= 4 is 5.69 Å². The summed E-state index contributed by atoms with van der Waals surface area (Å²) in [6.07, 6.45) is 1.76. The van der Waals surface area contributed by atoms with Crippen molar-refractivity contribution in [2.24, 2.45) is 0 Å². The van der Waals surface area contributed by atoms with Crippen LogP contribution in [0.1, 0.15) is 19.4 Å². The van der Waals surface area contributed by atoms with Crippen LogP contribution < -0.4 is 10.5 Å². The lowest BCUT2D eigenvalue weighted by Crippen LogP contribution is -2.43. The molecule has 90 valence electrons. The largest absolute Gasteiger partial charge is 0.474 e. The maximum absolute atomic E-state index is 5.83. The van der Waals surface area contributed by atoms with Gasteiger partial charge >= 0.3 is 0 Å². The van der Waals surface area contributed by atoms with Gasteiger partial charge in [-0.2, -0.15) is 0 Å². The molecule has 2 N–H and O–H groups in total.